The summed E-state index contributed by atoms with van der Waals surface area (Å²) in [7, 11) is 0. The Morgan fingerprint density at radius 2 is 2.25 bits per heavy atom. The average Bonchev–Trinajstić information content (AvgIpc) is 2.94. The zero-order valence-electron chi connectivity index (χ0n) is 11.5. The number of nitrogens with two attached hydrogens (primary N) is 1. The molecule has 2 aromatic heterocycles. The largest absolute Gasteiger partial charge is 0.375 e. The SMILES string of the molecule is CCN(C(C)=O)c1nc(CSc2sc(N)nc2C)cs1. The second kappa shape index (κ2) is 6.55. The number of nitrogen functional groups attached to an aromatic ring is 1. The monoisotopic (exact) mass is 328 g/mol. The minimum atomic E-state index is 0.0205. The molecule has 2 heterocycles. The maximum atomic E-state index is 11.5. The molecule has 1 amide bonds. The van der Waals surface area contributed by atoms with E-state index >= 15 is 0 Å². The van der Waals surface area contributed by atoms with Gasteiger partial charge in [0.05, 0.1) is 15.6 Å². The molecule has 0 aromatic carbocycles. The summed E-state index contributed by atoms with van der Waals surface area (Å²) in [6.07, 6.45) is 0. The Morgan fingerprint density at radius 3 is 2.80 bits per heavy atom. The van der Waals surface area contributed by atoms with Crippen LogP contribution in [-0.2, 0) is 10.5 Å². The zero-order chi connectivity index (χ0) is 14.7. The van der Waals surface area contributed by atoms with E-state index in [4.69, 9.17) is 5.73 Å². The predicted molar refractivity (Wildman–Crippen MR) is 86.6 cm³/mol. The number of hydrogen-bond donors (Lipinski definition) is 1. The molecular weight excluding hydrogens is 312 g/mol. The normalized spacial score (nSPS) is 10.8. The average molecular weight is 328 g/mol. The van der Waals surface area contributed by atoms with Gasteiger partial charge in [0, 0.05) is 24.6 Å². The summed E-state index contributed by atoms with van der Waals surface area (Å²) in [4.78, 5) is 21.9. The lowest BCUT2D eigenvalue weighted by Gasteiger charge is -2.14. The van der Waals surface area contributed by atoms with Crippen molar-refractivity contribution in [2.45, 2.75) is 30.7 Å². The molecular formula is C12H16N4OS3. The molecule has 0 aliphatic heterocycles. The fourth-order valence-corrected chi connectivity index (χ4v) is 4.61. The molecule has 108 valence electrons. The van der Waals surface area contributed by atoms with Gasteiger partial charge in [-0.15, -0.1) is 23.1 Å². The van der Waals surface area contributed by atoms with Crippen molar-refractivity contribution in [1.82, 2.24) is 9.97 Å². The summed E-state index contributed by atoms with van der Waals surface area (Å²) >= 11 is 4.67. The molecule has 0 bridgehead atoms. The highest BCUT2D eigenvalue weighted by molar-refractivity contribution is 8.00. The summed E-state index contributed by atoms with van der Waals surface area (Å²) in [5.41, 5.74) is 7.62. The number of hydrogen-bond acceptors (Lipinski definition) is 7. The minimum absolute atomic E-state index is 0.0205. The molecule has 5 nitrogen and oxygen atoms in total. The Labute approximate surface area is 130 Å². The first-order valence-corrected chi connectivity index (χ1v) is 8.77. The number of amides is 1. The minimum Gasteiger partial charge on any atom is -0.375 e. The third-order valence-corrected chi connectivity index (χ3v) is 5.88. The maximum absolute atomic E-state index is 11.5. The summed E-state index contributed by atoms with van der Waals surface area (Å²) in [6, 6.07) is 0. The number of thioether (sulfide) groups is 1. The molecule has 0 unspecified atom stereocenters. The number of aromatic nitrogens is 2. The number of carbonyl (C=O) groups is 1. The maximum Gasteiger partial charge on any atom is 0.225 e. The summed E-state index contributed by atoms with van der Waals surface area (Å²) < 4.78 is 1.12. The van der Waals surface area contributed by atoms with E-state index in [0.717, 1.165) is 26.5 Å². The van der Waals surface area contributed by atoms with E-state index < -0.39 is 0 Å². The van der Waals surface area contributed by atoms with Crippen LogP contribution in [0.1, 0.15) is 25.2 Å². The van der Waals surface area contributed by atoms with Crippen molar-refractivity contribution in [3.05, 3.63) is 16.8 Å². The smallest absolute Gasteiger partial charge is 0.225 e. The van der Waals surface area contributed by atoms with E-state index in [-0.39, 0.29) is 5.91 Å². The van der Waals surface area contributed by atoms with Gasteiger partial charge in [-0.25, -0.2) is 9.97 Å². The highest BCUT2D eigenvalue weighted by Crippen LogP contribution is 2.33. The van der Waals surface area contributed by atoms with Crippen LogP contribution in [0.4, 0.5) is 10.3 Å². The Hall–Kier alpha value is -1.12. The molecule has 2 N–H and O–H groups in total. The molecule has 0 atom stereocenters. The van der Waals surface area contributed by atoms with Crippen molar-refractivity contribution in [2.24, 2.45) is 0 Å². The van der Waals surface area contributed by atoms with Crippen molar-refractivity contribution < 1.29 is 4.79 Å². The molecule has 0 aliphatic rings. The van der Waals surface area contributed by atoms with Gasteiger partial charge in [-0.05, 0) is 13.8 Å². The summed E-state index contributed by atoms with van der Waals surface area (Å²) in [6.45, 7) is 6.10. The number of aryl methyl sites for hydroxylation is 1. The van der Waals surface area contributed by atoms with Gasteiger partial charge >= 0.3 is 0 Å². The quantitative estimate of drug-likeness (QED) is 0.854. The van der Waals surface area contributed by atoms with Gasteiger partial charge < -0.3 is 5.73 Å². The molecule has 0 spiro atoms. The first-order chi connectivity index (χ1) is 9.51. The van der Waals surface area contributed by atoms with Crippen molar-refractivity contribution in [3.8, 4) is 0 Å². The van der Waals surface area contributed by atoms with Gasteiger partial charge in [-0.3, -0.25) is 9.69 Å². The Morgan fingerprint density at radius 1 is 1.50 bits per heavy atom. The van der Waals surface area contributed by atoms with E-state index in [0.29, 0.717) is 11.7 Å². The zero-order valence-corrected chi connectivity index (χ0v) is 14.0. The Balaban J connectivity index is 2.03. The van der Waals surface area contributed by atoms with Crippen LogP contribution >= 0.6 is 34.4 Å². The lowest BCUT2D eigenvalue weighted by atomic mass is 10.5. The van der Waals surface area contributed by atoms with Crippen LogP contribution in [0, 0.1) is 6.92 Å². The van der Waals surface area contributed by atoms with Crippen LogP contribution in [0.3, 0.4) is 0 Å². The highest BCUT2D eigenvalue weighted by atomic mass is 32.2. The van der Waals surface area contributed by atoms with Crippen LogP contribution in [0.25, 0.3) is 0 Å². The second-order valence-corrected chi connectivity index (χ2v) is 7.21. The third kappa shape index (κ3) is 3.50. The van der Waals surface area contributed by atoms with Crippen LogP contribution < -0.4 is 10.6 Å². The molecule has 8 heteroatoms. The molecule has 20 heavy (non-hydrogen) atoms. The van der Waals surface area contributed by atoms with E-state index in [1.807, 2.05) is 19.2 Å². The van der Waals surface area contributed by atoms with Gasteiger partial charge in [0.2, 0.25) is 5.91 Å². The third-order valence-electron chi connectivity index (χ3n) is 2.59. The lowest BCUT2D eigenvalue weighted by molar-refractivity contribution is -0.116. The first kappa shape index (κ1) is 15.3. The van der Waals surface area contributed by atoms with Crippen LogP contribution in [0.5, 0.6) is 0 Å². The van der Waals surface area contributed by atoms with Crippen molar-refractivity contribution in [1.29, 1.82) is 0 Å². The number of anilines is 2. The highest BCUT2D eigenvalue weighted by Gasteiger charge is 2.14. The van der Waals surface area contributed by atoms with Gasteiger partial charge in [-0.1, -0.05) is 11.3 Å². The van der Waals surface area contributed by atoms with Crippen molar-refractivity contribution in [2.75, 3.05) is 17.2 Å². The number of carbonyl (C=O) groups excluding carboxylic acids is 1. The molecule has 0 saturated carbocycles. The van der Waals surface area contributed by atoms with Gasteiger partial charge in [0.1, 0.15) is 0 Å². The fourth-order valence-electron chi connectivity index (χ4n) is 1.66. The Kier molecular flexibility index (Phi) is 5.00. The molecule has 0 aliphatic carbocycles. The topological polar surface area (TPSA) is 72.1 Å². The van der Waals surface area contributed by atoms with E-state index in [1.165, 1.54) is 22.7 Å². The molecule has 2 aromatic rings. The number of nitrogens with zero attached hydrogens (tertiary/aromatic N) is 3. The fraction of sp³-hybridized carbons (Fsp3) is 0.417. The summed E-state index contributed by atoms with van der Waals surface area (Å²) in [5.74, 6) is 0.779. The van der Waals surface area contributed by atoms with Gasteiger partial charge in [-0.2, -0.15) is 0 Å². The van der Waals surface area contributed by atoms with Crippen LogP contribution in [0.2, 0.25) is 0 Å². The lowest BCUT2D eigenvalue weighted by Crippen LogP contribution is -2.27. The Bertz CT molecular complexity index is 608. The predicted octanol–water partition coefficient (Wildman–Crippen LogP) is 3.16. The van der Waals surface area contributed by atoms with Gasteiger partial charge in [0.15, 0.2) is 10.3 Å². The van der Waals surface area contributed by atoms with E-state index in [9.17, 15) is 4.79 Å². The molecule has 0 fully saturated rings. The molecule has 0 radical (unpaired) electrons. The second-order valence-electron chi connectivity index (χ2n) is 4.10. The number of rotatable bonds is 5. The standard InChI is InChI=1S/C12H16N4OS3/c1-4-16(8(3)17)12-15-9(6-19-12)5-18-10-7(2)14-11(13)20-10/h6H,4-5H2,1-3H3,(H2,13,14). The number of thiazole rings is 2. The van der Waals surface area contributed by atoms with Crippen molar-refractivity contribution >= 4 is 50.6 Å². The van der Waals surface area contributed by atoms with Crippen LogP contribution in [0.15, 0.2) is 9.59 Å². The van der Waals surface area contributed by atoms with E-state index in [2.05, 4.69) is 9.97 Å². The van der Waals surface area contributed by atoms with E-state index in [1.54, 1.807) is 23.6 Å². The molecule has 0 saturated heterocycles. The van der Waals surface area contributed by atoms with Gasteiger partial charge in [0.25, 0.3) is 0 Å². The summed E-state index contributed by atoms with van der Waals surface area (Å²) in [5, 5.41) is 3.35. The molecule has 2 rings (SSSR count). The first-order valence-electron chi connectivity index (χ1n) is 6.09. The van der Waals surface area contributed by atoms with Crippen LogP contribution in [-0.4, -0.2) is 22.4 Å². The van der Waals surface area contributed by atoms with Crippen molar-refractivity contribution in [3.63, 3.8) is 0 Å².